The molecule has 4 rings (SSSR count). The number of anilines is 1. The molecule has 1 aromatic heterocycles. The number of methoxy groups -OCH3 is 1. The number of hydrogen-bond donors (Lipinski definition) is 1. The van der Waals surface area contributed by atoms with Crippen LogP contribution >= 0.6 is 0 Å². The molecule has 7 heteroatoms. The molecule has 0 aliphatic carbocycles. The van der Waals surface area contributed by atoms with Crippen LogP contribution in [0.3, 0.4) is 0 Å². The number of nitrogens with one attached hydrogen (secondary N) is 1. The van der Waals surface area contributed by atoms with E-state index in [0.29, 0.717) is 0 Å². The topological polar surface area (TPSA) is 76.7 Å². The first-order chi connectivity index (χ1) is 10.7. The number of H-pyrrole nitrogens is 1. The van der Waals surface area contributed by atoms with Crippen LogP contribution in [0.25, 0.3) is 11.0 Å². The minimum Gasteiger partial charge on any atom is -0.469 e. The molecule has 2 aliphatic rings. The lowest BCUT2D eigenvalue weighted by Crippen LogP contribution is -2.37. The van der Waals surface area contributed by atoms with E-state index in [1.165, 1.54) is 7.11 Å². The number of imidazole rings is 1. The van der Waals surface area contributed by atoms with Gasteiger partial charge in [0.05, 0.1) is 24.1 Å². The number of esters is 1. The number of hydrogen-bond acceptors (Lipinski definition) is 6. The molecule has 1 N–H and O–H groups in total. The maximum atomic E-state index is 11.6. The highest BCUT2D eigenvalue weighted by Crippen LogP contribution is 2.36. The van der Waals surface area contributed by atoms with Gasteiger partial charge in [0.1, 0.15) is 0 Å². The summed E-state index contributed by atoms with van der Waals surface area (Å²) >= 11 is 0. The third-order valence-electron chi connectivity index (χ3n) is 4.29. The summed E-state index contributed by atoms with van der Waals surface area (Å²) in [5, 5.41) is 0. The van der Waals surface area contributed by atoms with Crippen molar-refractivity contribution in [3.8, 4) is 11.5 Å². The predicted octanol–water partition coefficient (Wildman–Crippen LogP) is 1.68. The fourth-order valence-electron chi connectivity index (χ4n) is 3.03. The molecular formula is C15H17N3O4. The smallest absolute Gasteiger partial charge is 0.308 e. The molecule has 7 nitrogen and oxygen atoms in total. The number of nitrogens with zero attached hydrogens (tertiary/aromatic N) is 2. The molecule has 1 fully saturated rings. The lowest BCUT2D eigenvalue weighted by Gasteiger charge is -2.30. The van der Waals surface area contributed by atoms with Gasteiger partial charge in [-0.15, -0.1) is 0 Å². The molecule has 0 bridgehead atoms. The molecule has 0 spiro atoms. The average molecular weight is 303 g/mol. The van der Waals surface area contributed by atoms with Crippen LogP contribution in [0.4, 0.5) is 5.95 Å². The number of carbonyl (C=O) groups is 1. The first-order valence-corrected chi connectivity index (χ1v) is 7.37. The Morgan fingerprint density at radius 1 is 1.32 bits per heavy atom. The van der Waals surface area contributed by atoms with E-state index in [1.54, 1.807) is 0 Å². The quantitative estimate of drug-likeness (QED) is 0.851. The lowest BCUT2D eigenvalue weighted by atomic mass is 9.97. The molecule has 0 saturated carbocycles. The van der Waals surface area contributed by atoms with E-state index >= 15 is 0 Å². The summed E-state index contributed by atoms with van der Waals surface area (Å²) in [7, 11) is 1.44. The van der Waals surface area contributed by atoms with E-state index in [1.807, 2.05) is 12.1 Å². The molecular weight excluding hydrogens is 286 g/mol. The molecule has 1 saturated heterocycles. The van der Waals surface area contributed by atoms with Crippen LogP contribution in [0.5, 0.6) is 11.5 Å². The monoisotopic (exact) mass is 303 g/mol. The zero-order valence-corrected chi connectivity index (χ0v) is 12.3. The maximum absolute atomic E-state index is 11.6. The summed E-state index contributed by atoms with van der Waals surface area (Å²) in [5.41, 5.74) is 1.78. The minimum absolute atomic E-state index is 0.00349. The Balaban J connectivity index is 1.54. The van der Waals surface area contributed by atoms with Crippen LogP contribution in [0.2, 0.25) is 0 Å². The van der Waals surface area contributed by atoms with Crippen LogP contribution in [0.1, 0.15) is 12.8 Å². The van der Waals surface area contributed by atoms with Crippen molar-refractivity contribution in [3.63, 3.8) is 0 Å². The van der Waals surface area contributed by atoms with E-state index in [9.17, 15) is 4.79 Å². The Labute approximate surface area is 127 Å². The highest BCUT2D eigenvalue weighted by molar-refractivity contribution is 5.82. The van der Waals surface area contributed by atoms with E-state index in [4.69, 9.17) is 14.2 Å². The fourth-order valence-corrected chi connectivity index (χ4v) is 3.03. The molecule has 0 unspecified atom stereocenters. The van der Waals surface area contributed by atoms with Gasteiger partial charge in [-0.3, -0.25) is 4.79 Å². The standard InChI is InChI=1S/C15H17N3O4/c1-20-14(19)9-2-4-18(5-3-9)15-16-10-6-12-13(22-8-21-12)7-11(10)17-15/h6-7,9H,2-5,8H2,1H3,(H,16,17). The second-order valence-corrected chi connectivity index (χ2v) is 5.57. The Morgan fingerprint density at radius 3 is 2.77 bits per heavy atom. The predicted molar refractivity (Wildman–Crippen MR) is 79.2 cm³/mol. The van der Waals surface area contributed by atoms with E-state index < -0.39 is 0 Å². The lowest BCUT2D eigenvalue weighted by molar-refractivity contribution is -0.146. The number of aromatic amines is 1. The van der Waals surface area contributed by atoms with Gasteiger partial charge in [-0.1, -0.05) is 0 Å². The van der Waals surface area contributed by atoms with E-state index in [-0.39, 0.29) is 18.7 Å². The van der Waals surface area contributed by atoms with Crippen LogP contribution in [0.15, 0.2) is 12.1 Å². The van der Waals surface area contributed by atoms with Crippen molar-refractivity contribution >= 4 is 23.0 Å². The summed E-state index contributed by atoms with van der Waals surface area (Å²) in [4.78, 5) is 21.7. The summed E-state index contributed by atoms with van der Waals surface area (Å²) in [5.74, 6) is 2.18. The summed E-state index contributed by atoms with van der Waals surface area (Å²) in [6.45, 7) is 1.83. The average Bonchev–Trinajstić information content (AvgIpc) is 3.17. The highest BCUT2D eigenvalue weighted by Gasteiger charge is 2.27. The summed E-state index contributed by atoms with van der Waals surface area (Å²) in [6.07, 6.45) is 1.57. The third-order valence-corrected chi connectivity index (χ3v) is 4.29. The van der Waals surface area contributed by atoms with E-state index in [0.717, 1.165) is 54.4 Å². The van der Waals surface area contributed by atoms with Crippen LogP contribution in [-0.4, -0.2) is 42.9 Å². The Morgan fingerprint density at radius 2 is 2.05 bits per heavy atom. The van der Waals surface area contributed by atoms with Crippen molar-refractivity contribution in [3.05, 3.63) is 12.1 Å². The van der Waals surface area contributed by atoms with Gasteiger partial charge in [-0.2, -0.15) is 0 Å². The Kier molecular flexibility index (Phi) is 3.06. The molecule has 0 amide bonds. The van der Waals surface area contributed by atoms with Crippen LogP contribution < -0.4 is 14.4 Å². The highest BCUT2D eigenvalue weighted by atomic mass is 16.7. The molecule has 0 radical (unpaired) electrons. The fraction of sp³-hybridized carbons (Fsp3) is 0.467. The Hall–Kier alpha value is -2.44. The number of aromatic nitrogens is 2. The number of benzene rings is 1. The molecule has 2 aromatic rings. The van der Waals surface area contributed by atoms with Gasteiger partial charge in [0.2, 0.25) is 12.7 Å². The van der Waals surface area contributed by atoms with Gasteiger partial charge < -0.3 is 24.1 Å². The van der Waals surface area contributed by atoms with E-state index in [2.05, 4.69) is 14.9 Å². The van der Waals surface area contributed by atoms with Gasteiger partial charge in [-0.05, 0) is 12.8 Å². The van der Waals surface area contributed by atoms with Gasteiger partial charge in [0, 0.05) is 25.2 Å². The summed E-state index contributed by atoms with van der Waals surface area (Å²) in [6, 6.07) is 3.80. The summed E-state index contributed by atoms with van der Waals surface area (Å²) < 4.78 is 15.6. The first-order valence-electron chi connectivity index (χ1n) is 7.37. The molecule has 3 heterocycles. The zero-order valence-electron chi connectivity index (χ0n) is 12.3. The second kappa shape index (κ2) is 5.08. The molecule has 116 valence electrons. The van der Waals surface area contributed by atoms with Gasteiger partial charge in [0.15, 0.2) is 11.5 Å². The van der Waals surface area contributed by atoms with Crippen LogP contribution in [0, 0.1) is 5.92 Å². The first kappa shape index (κ1) is 13.2. The number of fused-ring (bicyclic) bond motifs is 2. The number of rotatable bonds is 2. The molecule has 0 atom stereocenters. The SMILES string of the molecule is COC(=O)C1CCN(c2nc3cc4c(cc3[nH]2)OCO4)CC1. The maximum Gasteiger partial charge on any atom is 0.308 e. The van der Waals surface area contributed by atoms with Crippen molar-refractivity contribution in [2.45, 2.75) is 12.8 Å². The van der Waals surface area contributed by atoms with Gasteiger partial charge in [0.25, 0.3) is 0 Å². The molecule has 2 aliphatic heterocycles. The van der Waals surface area contributed by atoms with Crippen molar-refractivity contribution in [1.82, 2.24) is 9.97 Å². The second-order valence-electron chi connectivity index (χ2n) is 5.57. The normalized spacial score (nSPS) is 18.0. The number of piperidine rings is 1. The Bertz CT molecular complexity index is 678. The van der Waals surface area contributed by atoms with Crippen molar-refractivity contribution in [2.75, 3.05) is 31.9 Å². The number of carbonyl (C=O) groups excluding carboxylic acids is 1. The minimum atomic E-state index is -0.116. The van der Waals surface area contributed by atoms with Crippen LogP contribution in [-0.2, 0) is 9.53 Å². The third kappa shape index (κ3) is 2.13. The van der Waals surface area contributed by atoms with Gasteiger partial charge in [-0.25, -0.2) is 4.98 Å². The molecule has 1 aromatic carbocycles. The molecule has 22 heavy (non-hydrogen) atoms. The van der Waals surface area contributed by atoms with Crippen molar-refractivity contribution in [2.24, 2.45) is 5.92 Å². The largest absolute Gasteiger partial charge is 0.469 e. The number of ether oxygens (including phenoxy) is 3. The van der Waals surface area contributed by atoms with Gasteiger partial charge >= 0.3 is 5.97 Å². The zero-order chi connectivity index (χ0) is 15.1. The van der Waals surface area contributed by atoms with Crippen molar-refractivity contribution < 1.29 is 19.0 Å². The van der Waals surface area contributed by atoms with Crippen molar-refractivity contribution in [1.29, 1.82) is 0 Å².